The van der Waals surface area contributed by atoms with Crippen LogP contribution in [0.15, 0.2) is 36.4 Å². The van der Waals surface area contributed by atoms with Crippen LogP contribution in [0.2, 0.25) is 10.0 Å². The SMILES string of the molecule is CC(Oc1ccc(Cl)cc1Cl)C(=O)Nc1ccc2nc(NN)sc2c1. The second-order valence-electron chi connectivity index (χ2n) is 5.17. The largest absolute Gasteiger partial charge is 0.479 e. The van der Waals surface area contributed by atoms with Gasteiger partial charge in [-0.2, -0.15) is 0 Å². The summed E-state index contributed by atoms with van der Waals surface area (Å²) in [6.45, 7) is 1.64. The fourth-order valence-electron chi connectivity index (χ4n) is 2.12. The predicted molar refractivity (Wildman–Crippen MR) is 103 cm³/mol. The molecule has 3 rings (SSSR count). The maximum atomic E-state index is 12.3. The quantitative estimate of drug-likeness (QED) is 0.441. The van der Waals surface area contributed by atoms with Crippen LogP contribution in [0, 0.1) is 0 Å². The van der Waals surface area contributed by atoms with E-state index in [4.69, 9.17) is 33.8 Å². The van der Waals surface area contributed by atoms with Crippen LogP contribution in [0.1, 0.15) is 6.92 Å². The third-order valence-corrected chi connectivity index (χ3v) is 4.83. The third-order valence-electron chi connectivity index (χ3n) is 3.35. The average Bonchev–Trinajstić information content (AvgIpc) is 2.99. The number of carbonyl (C=O) groups is 1. The molecule has 2 aromatic carbocycles. The Labute approximate surface area is 157 Å². The molecule has 1 unspecified atom stereocenters. The first-order valence-electron chi connectivity index (χ1n) is 7.26. The fourth-order valence-corrected chi connectivity index (χ4v) is 3.39. The number of nitrogens with one attached hydrogen (secondary N) is 2. The third kappa shape index (κ3) is 4.13. The van der Waals surface area contributed by atoms with Gasteiger partial charge in [0, 0.05) is 10.7 Å². The molecule has 1 amide bonds. The summed E-state index contributed by atoms with van der Waals surface area (Å²) in [4.78, 5) is 16.6. The number of ether oxygens (including phenoxy) is 1. The minimum atomic E-state index is -0.739. The van der Waals surface area contributed by atoms with Gasteiger partial charge in [0.1, 0.15) is 5.75 Å². The zero-order valence-electron chi connectivity index (χ0n) is 13.0. The van der Waals surface area contributed by atoms with Crippen molar-refractivity contribution in [2.75, 3.05) is 10.7 Å². The van der Waals surface area contributed by atoms with Gasteiger partial charge >= 0.3 is 0 Å². The van der Waals surface area contributed by atoms with Gasteiger partial charge in [-0.05, 0) is 43.3 Å². The number of amides is 1. The number of hydrogen-bond donors (Lipinski definition) is 3. The molecule has 0 radical (unpaired) electrons. The summed E-state index contributed by atoms with van der Waals surface area (Å²) < 4.78 is 6.51. The molecule has 3 aromatic rings. The van der Waals surface area contributed by atoms with E-state index in [1.165, 1.54) is 11.3 Å². The predicted octanol–water partition coefficient (Wildman–Crippen LogP) is 4.29. The second-order valence-corrected chi connectivity index (χ2v) is 7.04. The maximum Gasteiger partial charge on any atom is 0.265 e. The van der Waals surface area contributed by atoms with Crippen molar-refractivity contribution >= 4 is 61.5 Å². The van der Waals surface area contributed by atoms with Gasteiger partial charge in [0.25, 0.3) is 5.91 Å². The number of aromatic nitrogens is 1. The highest BCUT2D eigenvalue weighted by atomic mass is 35.5. The maximum absolute atomic E-state index is 12.3. The summed E-state index contributed by atoms with van der Waals surface area (Å²) in [5.74, 6) is 5.45. The van der Waals surface area contributed by atoms with Gasteiger partial charge in [0.2, 0.25) is 0 Å². The number of fused-ring (bicyclic) bond motifs is 1. The smallest absolute Gasteiger partial charge is 0.265 e. The number of nitrogens with zero attached hydrogens (tertiary/aromatic N) is 1. The van der Waals surface area contributed by atoms with Gasteiger partial charge in [-0.3, -0.25) is 10.2 Å². The zero-order valence-corrected chi connectivity index (χ0v) is 15.4. The summed E-state index contributed by atoms with van der Waals surface area (Å²) in [5, 5.41) is 4.26. The van der Waals surface area contributed by atoms with E-state index in [1.807, 2.05) is 12.1 Å². The van der Waals surface area contributed by atoms with Crippen LogP contribution in [0.25, 0.3) is 10.2 Å². The van der Waals surface area contributed by atoms with Crippen molar-refractivity contribution in [3.05, 3.63) is 46.4 Å². The van der Waals surface area contributed by atoms with Gasteiger partial charge in [-0.1, -0.05) is 34.5 Å². The van der Waals surface area contributed by atoms with E-state index in [1.54, 1.807) is 31.2 Å². The van der Waals surface area contributed by atoms with Crippen molar-refractivity contribution in [3.63, 3.8) is 0 Å². The van der Waals surface area contributed by atoms with Crippen molar-refractivity contribution in [3.8, 4) is 5.75 Å². The van der Waals surface area contributed by atoms with Crippen LogP contribution in [0.5, 0.6) is 5.75 Å². The van der Waals surface area contributed by atoms with E-state index in [9.17, 15) is 4.79 Å². The van der Waals surface area contributed by atoms with E-state index >= 15 is 0 Å². The Morgan fingerprint density at radius 1 is 1.28 bits per heavy atom. The summed E-state index contributed by atoms with van der Waals surface area (Å²) in [7, 11) is 0. The highest BCUT2D eigenvalue weighted by molar-refractivity contribution is 7.22. The molecule has 1 aromatic heterocycles. The highest BCUT2D eigenvalue weighted by Crippen LogP contribution is 2.29. The van der Waals surface area contributed by atoms with Gasteiger partial charge in [-0.25, -0.2) is 10.8 Å². The number of hydrazine groups is 1. The van der Waals surface area contributed by atoms with Crippen LogP contribution in [-0.4, -0.2) is 17.0 Å². The summed E-state index contributed by atoms with van der Waals surface area (Å²) in [6, 6.07) is 10.2. The van der Waals surface area contributed by atoms with Crippen molar-refractivity contribution in [2.24, 2.45) is 5.84 Å². The van der Waals surface area contributed by atoms with Crippen LogP contribution in [0.3, 0.4) is 0 Å². The lowest BCUT2D eigenvalue weighted by Crippen LogP contribution is -2.30. The molecule has 4 N–H and O–H groups in total. The van der Waals surface area contributed by atoms with Gasteiger partial charge < -0.3 is 10.1 Å². The van der Waals surface area contributed by atoms with Gasteiger partial charge in [0.15, 0.2) is 11.2 Å². The molecule has 1 heterocycles. The van der Waals surface area contributed by atoms with Crippen LogP contribution < -0.4 is 21.3 Å². The lowest BCUT2D eigenvalue weighted by Gasteiger charge is -2.15. The minimum Gasteiger partial charge on any atom is -0.479 e. The molecule has 25 heavy (non-hydrogen) atoms. The molecule has 0 saturated heterocycles. The molecule has 0 aliphatic rings. The van der Waals surface area contributed by atoms with E-state index in [0.29, 0.717) is 26.6 Å². The number of anilines is 2. The number of carbonyl (C=O) groups excluding carboxylic acids is 1. The lowest BCUT2D eigenvalue weighted by molar-refractivity contribution is -0.122. The number of hydrogen-bond acceptors (Lipinski definition) is 6. The topological polar surface area (TPSA) is 89.3 Å². The lowest BCUT2D eigenvalue weighted by atomic mass is 10.2. The molecule has 130 valence electrons. The molecule has 0 aliphatic carbocycles. The molecule has 0 saturated carbocycles. The Bertz CT molecular complexity index is 932. The first-order valence-corrected chi connectivity index (χ1v) is 8.83. The normalized spacial score (nSPS) is 12.0. The van der Waals surface area contributed by atoms with Crippen LogP contribution in [-0.2, 0) is 4.79 Å². The molecule has 0 aliphatic heterocycles. The Kier molecular flexibility index (Phi) is 5.29. The van der Waals surface area contributed by atoms with Gasteiger partial charge in [0.05, 0.1) is 15.2 Å². The van der Waals surface area contributed by atoms with Crippen molar-refractivity contribution in [1.82, 2.24) is 4.98 Å². The first-order chi connectivity index (χ1) is 12.0. The Hall–Kier alpha value is -2.06. The number of rotatable bonds is 5. The number of nitrogen functional groups attached to an aromatic ring is 1. The van der Waals surface area contributed by atoms with Crippen molar-refractivity contribution in [1.29, 1.82) is 0 Å². The number of halogens is 2. The molecule has 0 bridgehead atoms. The molecular formula is C16H14Cl2N4O2S. The fraction of sp³-hybridized carbons (Fsp3) is 0.125. The summed E-state index contributed by atoms with van der Waals surface area (Å²) in [6.07, 6.45) is -0.739. The van der Waals surface area contributed by atoms with E-state index in [-0.39, 0.29) is 5.91 Å². The van der Waals surface area contributed by atoms with Gasteiger partial charge in [-0.15, -0.1) is 0 Å². The summed E-state index contributed by atoms with van der Waals surface area (Å²) in [5.41, 5.74) is 3.95. The molecule has 9 heteroatoms. The van der Waals surface area contributed by atoms with E-state index in [2.05, 4.69) is 15.7 Å². The Morgan fingerprint density at radius 3 is 2.80 bits per heavy atom. The highest BCUT2D eigenvalue weighted by Gasteiger charge is 2.17. The molecule has 0 fully saturated rings. The average molecular weight is 397 g/mol. The zero-order chi connectivity index (χ0) is 18.0. The number of nitrogens with two attached hydrogens (primary N) is 1. The standard InChI is InChI=1S/C16H14Cl2N4O2S/c1-8(24-13-5-2-9(17)6-11(13)18)15(23)20-10-3-4-12-14(7-10)25-16(21-12)22-19/h2-8H,19H2,1H3,(H,20,23)(H,21,22). The van der Waals surface area contributed by atoms with Crippen molar-refractivity contribution in [2.45, 2.75) is 13.0 Å². The van der Waals surface area contributed by atoms with Crippen LogP contribution >= 0.6 is 34.5 Å². The summed E-state index contributed by atoms with van der Waals surface area (Å²) >= 11 is 13.3. The minimum absolute atomic E-state index is 0.299. The van der Waals surface area contributed by atoms with Crippen molar-refractivity contribution < 1.29 is 9.53 Å². The molecule has 1 atom stereocenters. The van der Waals surface area contributed by atoms with E-state index in [0.717, 1.165) is 10.2 Å². The Balaban J connectivity index is 1.70. The monoisotopic (exact) mass is 396 g/mol. The van der Waals surface area contributed by atoms with E-state index < -0.39 is 6.10 Å². The molecule has 0 spiro atoms. The molecule has 6 nitrogen and oxygen atoms in total. The number of benzene rings is 2. The molecular weight excluding hydrogens is 383 g/mol. The second kappa shape index (κ2) is 7.45. The first kappa shape index (κ1) is 17.8. The van der Waals surface area contributed by atoms with Crippen LogP contribution in [0.4, 0.5) is 10.8 Å². The number of thiazole rings is 1. The Morgan fingerprint density at radius 2 is 2.08 bits per heavy atom.